The number of nitrogens with one attached hydrogen (secondary N) is 1. The van der Waals surface area contributed by atoms with Crippen LogP contribution < -0.4 is 14.8 Å². The Balaban J connectivity index is 1.41. The van der Waals surface area contributed by atoms with Crippen molar-refractivity contribution < 1.29 is 33.0 Å². The lowest BCUT2D eigenvalue weighted by Crippen LogP contribution is -2.26. The van der Waals surface area contributed by atoms with Crippen LogP contribution in [0.1, 0.15) is 40.2 Å². The van der Waals surface area contributed by atoms with Crippen molar-refractivity contribution in [2.45, 2.75) is 32.0 Å². The maximum atomic E-state index is 13.4. The van der Waals surface area contributed by atoms with Crippen LogP contribution in [0, 0.1) is 12.8 Å². The molecule has 2 aliphatic rings. The van der Waals surface area contributed by atoms with Crippen molar-refractivity contribution in [3.05, 3.63) is 71.3 Å². The Hall–Kier alpha value is -4.01. The van der Waals surface area contributed by atoms with Gasteiger partial charge >= 0.3 is 12.3 Å². The normalized spacial score (nSPS) is 16.7. The molecule has 9 heteroatoms. The molecule has 7 nitrogen and oxygen atoms in total. The number of benzene rings is 2. The number of carbonyl (C=O) groups is 2. The van der Waals surface area contributed by atoms with Crippen molar-refractivity contribution in [2.24, 2.45) is 5.92 Å². The average molecular weight is 466 g/mol. The molecule has 34 heavy (non-hydrogen) atoms. The Morgan fingerprint density at radius 3 is 2.59 bits per heavy atom. The summed E-state index contributed by atoms with van der Waals surface area (Å²) >= 11 is 0. The molecule has 2 heterocycles. The lowest BCUT2D eigenvalue weighted by atomic mass is 9.93. The van der Waals surface area contributed by atoms with Crippen LogP contribution in [-0.2, 0) is 4.79 Å². The third-order valence-corrected chi connectivity index (χ3v) is 5.89. The second-order valence-corrected chi connectivity index (χ2v) is 8.43. The number of aryl methyl sites for hydroxylation is 1. The predicted molar refractivity (Wildman–Crippen MR) is 118 cm³/mol. The largest absolute Gasteiger partial charge is 0.586 e. The molecule has 1 aromatic heterocycles. The Bertz CT molecular complexity index is 1310. The minimum Gasteiger partial charge on any atom is -0.478 e. The summed E-state index contributed by atoms with van der Waals surface area (Å²) in [5.41, 5.74) is 2.67. The molecule has 2 N–H and O–H groups in total. The van der Waals surface area contributed by atoms with Crippen molar-refractivity contribution in [3.63, 3.8) is 0 Å². The number of amides is 1. The number of rotatable bonds is 6. The van der Waals surface area contributed by atoms with Crippen molar-refractivity contribution in [3.8, 4) is 22.8 Å². The van der Waals surface area contributed by atoms with E-state index < -0.39 is 18.2 Å². The minimum atomic E-state index is -3.72. The molecule has 1 unspecified atom stereocenters. The molecule has 174 valence electrons. The van der Waals surface area contributed by atoms with E-state index in [1.165, 1.54) is 24.3 Å². The van der Waals surface area contributed by atoms with Gasteiger partial charge in [-0.3, -0.25) is 4.79 Å². The van der Waals surface area contributed by atoms with Crippen LogP contribution in [0.4, 0.5) is 14.6 Å². The number of anilines is 1. The molecule has 1 fully saturated rings. The molecule has 1 aliphatic carbocycles. The highest BCUT2D eigenvalue weighted by Crippen LogP contribution is 2.47. The fourth-order valence-electron chi connectivity index (χ4n) is 4.12. The number of nitrogens with zero attached hydrogens (tertiary/aromatic N) is 1. The van der Waals surface area contributed by atoms with E-state index in [1.807, 2.05) is 6.92 Å². The number of aromatic carboxylic acids is 1. The molecule has 3 aromatic rings. The van der Waals surface area contributed by atoms with Crippen LogP contribution in [0.2, 0.25) is 0 Å². The molecule has 5 rings (SSSR count). The predicted octanol–water partition coefficient (Wildman–Crippen LogP) is 5.21. The van der Waals surface area contributed by atoms with Gasteiger partial charge in [-0.2, -0.15) is 0 Å². The zero-order valence-corrected chi connectivity index (χ0v) is 18.0. The molecule has 0 radical (unpaired) electrons. The summed E-state index contributed by atoms with van der Waals surface area (Å²) in [4.78, 5) is 29.1. The number of hydrogen-bond donors (Lipinski definition) is 2. The van der Waals surface area contributed by atoms with Crippen molar-refractivity contribution in [1.82, 2.24) is 4.98 Å². The van der Waals surface area contributed by atoms with E-state index in [-0.39, 0.29) is 28.9 Å². The molecule has 0 saturated heterocycles. The third kappa shape index (κ3) is 4.28. The monoisotopic (exact) mass is 466 g/mol. The Labute approximate surface area is 193 Å². The van der Waals surface area contributed by atoms with Gasteiger partial charge in [-0.1, -0.05) is 24.3 Å². The van der Waals surface area contributed by atoms with E-state index in [0.717, 1.165) is 18.4 Å². The second kappa shape index (κ2) is 8.09. The molecular formula is C25H20F2N2O5. The zero-order chi connectivity index (χ0) is 24.0. The number of carboxylic acids is 1. The van der Waals surface area contributed by atoms with Gasteiger partial charge in [-0.25, -0.2) is 9.78 Å². The van der Waals surface area contributed by atoms with Gasteiger partial charge in [0.15, 0.2) is 11.5 Å². The Morgan fingerprint density at radius 1 is 1.09 bits per heavy atom. The zero-order valence-electron chi connectivity index (χ0n) is 18.0. The first-order valence-electron chi connectivity index (χ1n) is 10.7. The Kier molecular flexibility index (Phi) is 5.19. The van der Waals surface area contributed by atoms with E-state index >= 15 is 0 Å². The maximum absolute atomic E-state index is 13.4. The van der Waals surface area contributed by atoms with Gasteiger partial charge in [0, 0.05) is 5.56 Å². The molecule has 0 bridgehead atoms. The number of carboxylic acid groups (broad SMARTS) is 1. The molecule has 1 aliphatic heterocycles. The van der Waals surface area contributed by atoms with Crippen LogP contribution in [0.25, 0.3) is 11.3 Å². The highest BCUT2D eigenvalue weighted by Gasteiger charge is 2.44. The van der Waals surface area contributed by atoms with E-state index in [0.29, 0.717) is 22.6 Å². The van der Waals surface area contributed by atoms with Gasteiger partial charge < -0.3 is 19.9 Å². The first-order valence-corrected chi connectivity index (χ1v) is 10.7. The van der Waals surface area contributed by atoms with E-state index in [4.69, 9.17) is 0 Å². The van der Waals surface area contributed by atoms with Crippen LogP contribution in [0.5, 0.6) is 11.5 Å². The fourth-order valence-corrected chi connectivity index (χ4v) is 4.12. The van der Waals surface area contributed by atoms with E-state index in [2.05, 4.69) is 19.8 Å². The van der Waals surface area contributed by atoms with Crippen molar-refractivity contribution in [1.29, 1.82) is 0 Å². The summed E-state index contributed by atoms with van der Waals surface area (Å²) < 4.78 is 35.8. The molecular weight excluding hydrogens is 446 g/mol. The smallest absolute Gasteiger partial charge is 0.478 e. The highest BCUT2D eigenvalue weighted by atomic mass is 19.3. The molecule has 1 atom stereocenters. The molecule has 1 saturated carbocycles. The van der Waals surface area contributed by atoms with Crippen LogP contribution >= 0.6 is 0 Å². The number of aromatic nitrogens is 1. The molecule has 0 spiro atoms. The van der Waals surface area contributed by atoms with Gasteiger partial charge in [-0.15, -0.1) is 8.78 Å². The summed E-state index contributed by atoms with van der Waals surface area (Å²) in [6.45, 7) is 1.84. The van der Waals surface area contributed by atoms with Crippen LogP contribution in [0.15, 0.2) is 54.6 Å². The number of hydrogen-bond acceptors (Lipinski definition) is 5. The summed E-state index contributed by atoms with van der Waals surface area (Å²) in [7, 11) is 0. The molecule has 2 aromatic carbocycles. The highest BCUT2D eigenvalue weighted by molar-refractivity contribution is 5.96. The maximum Gasteiger partial charge on any atom is 0.586 e. The number of ether oxygens (including phenoxy) is 2. The van der Waals surface area contributed by atoms with Gasteiger partial charge in [0.2, 0.25) is 5.91 Å². The number of fused-ring (bicyclic) bond motifs is 1. The number of halogens is 2. The third-order valence-electron chi connectivity index (χ3n) is 5.89. The van der Waals surface area contributed by atoms with Gasteiger partial charge in [0.1, 0.15) is 5.82 Å². The first-order chi connectivity index (χ1) is 16.2. The standard InChI is InChI=1S/C25H20F2N2O5/c1-13-5-10-20(28-22(13)16-3-2-4-17(11-16)24(31)32)29-23(30)21(14-6-7-14)15-8-9-18-19(12-15)34-25(26,27)33-18/h2-5,8-12,14,21H,6-7H2,1H3,(H,31,32)(H,28,29,30). The van der Waals surface area contributed by atoms with Crippen LogP contribution in [-0.4, -0.2) is 28.3 Å². The number of alkyl halides is 2. The van der Waals surface area contributed by atoms with E-state index in [1.54, 1.807) is 30.3 Å². The summed E-state index contributed by atoms with van der Waals surface area (Å²) in [5.74, 6) is -1.70. The lowest BCUT2D eigenvalue weighted by Gasteiger charge is -2.17. The topological polar surface area (TPSA) is 97.8 Å². The summed E-state index contributed by atoms with van der Waals surface area (Å²) in [5, 5.41) is 12.1. The second-order valence-electron chi connectivity index (χ2n) is 8.43. The van der Waals surface area contributed by atoms with Crippen LogP contribution in [0.3, 0.4) is 0 Å². The van der Waals surface area contributed by atoms with Crippen molar-refractivity contribution >= 4 is 17.7 Å². The lowest BCUT2D eigenvalue weighted by molar-refractivity contribution is -0.286. The SMILES string of the molecule is Cc1ccc(NC(=O)C(c2ccc3c(c2)OC(F)(F)O3)C2CC2)nc1-c1cccc(C(=O)O)c1. The van der Waals surface area contributed by atoms with Crippen molar-refractivity contribution in [2.75, 3.05) is 5.32 Å². The first kappa shape index (κ1) is 21.8. The quantitative estimate of drug-likeness (QED) is 0.518. The van der Waals surface area contributed by atoms with Gasteiger partial charge in [-0.05, 0) is 67.1 Å². The minimum absolute atomic E-state index is 0.0721. The summed E-state index contributed by atoms with van der Waals surface area (Å²) in [6.07, 6.45) is -2.03. The fraction of sp³-hybridized carbons (Fsp3) is 0.240. The van der Waals surface area contributed by atoms with Gasteiger partial charge in [0.25, 0.3) is 0 Å². The van der Waals surface area contributed by atoms with Gasteiger partial charge in [0.05, 0.1) is 17.2 Å². The Morgan fingerprint density at radius 2 is 1.85 bits per heavy atom. The number of carbonyl (C=O) groups excluding carboxylic acids is 1. The summed E-state index contributed by atoms with van der Waals surface area (Å²) in [6, 6.07) is 14.3. The number of pyridine rings is 1. The van der Waals surface area contributed by atoms with E-state index in [9.17, 15) is 23.5 Å². The average Bonchev–Trinajstić information content (AvgIpc) is 3.56. The molecule has 1 amide bonds.